The molecule has 0 saturated heterocycles. The number of hydrogen-bond donors (Lipinski definition) is 1. The van der Waals surface area contributed by atoms with Gasteiger partial charge in [0.05, 0.1) is 6.61 Å². The largest absolute Gasteiger partial charge is 0.392 e. The van der Waals surface area contributed by atoms with Crippen LogP contribution in [0.1, 0.15) is 19.8 Å². The Hall–Kier alpha value is -0.820. The number of aliphatic hydroxyl groups is 1. The van der Waals surface area contributed by atoms with E-state index in [4.69, 9.17) is 5.11 Å². The maximum atomic E-state index is 8.37. The molecule has 0 amide bonds. The summed E-state index contributed by atoms with van der Waals surface area (Å²) in [5, 5.41) is 8.37. The molecule has 0 fully saturated rings. The van der Waals surface area contributed by atoms with E-state index >= 15 is 0 Å². The van der Waals surface area contributed by atoms with Gasteiger partial charge in [0.2, 0.25) is 0 Å². The lowest BCUT2D eigenvalue weighted by Gasteiger charge is -1.79. The van der Waals surface area contributed by atoms with Crippen LogP contribution in [0.4, 0.5) is 0 Å². The maximum absolute atomic E-state index is 8.37. The summed E-state index contributed by atoms with van der Waals surface area (Å²) < 4.78 is 0. The molecule has 62 valence electrons. The Morgan fingerprint density at radius 2 is 1.73 bits per heavy atom. The Labute approximate surface area is 68.7 Å². The van der Waals surface area contributed by atoms with Crippen molar-refractivity contribution in [1.82, 2.24) is 0 Å². The highest BCUT2D eigenvalue weighted by atomic mass is 16.2. The van der Waals surface area contributed by atoms with Gasteiger partial charge in [0.15, 0.2) is 0 Å². The SMILES string of the molecule is CC/C=C\C/C=C\C=C\CO. The predicted octanol–water partition coefficient (Wildman–Crippen LogP) is 2.45. The Morgan fingerprint density at radius 1 is 1.00 bits per heavy atom. The van der Waals surface area contributed by atoms with Crippen molar-refractivity contribution >= 4 is 0 Å². The molecule has 0 aliphatic carbocycles. The fourth-order valence-corrected chi connectivity index (χ4v) is 0.638. The van der Waals surface area contributed by atoms with Crippen molar-refractivity contribution < 1.29 is 5.11 Å². The minimum atomic E-state index is 0.120. The third-order valence-electron chi connectivity index (χ3n) is 1.16. The molecule has 0 aliphatic heterocycles. The fraction of sp³-hybridized carbons (Fsp3) is 0.400. The zero-order valence-electron chi connectivity index (χ0n) is 7.03. The lowest BCUT2D eigenvalue weighted by molar-refractivity contribution is 0.343. The first-order chi connectivity index (χ1) is 5.41. The van der Waals surface area contributed by atoms with Crippen LogP contribution in [-0.4, -0.2) is 11.7 Å². The summed E-state index contributed by atoms with van der Waals surface area (Å²) >= 11 is 0. The van der Waals surface area contributed by atoms with E-state index in [1.54, 1.807) is 6.08 Å². The van der Waals surface area contributed by atoms with Gasteiger partial charge in [0.1, 0.15) is 0 Å². The average molecular weight is 152 g/mol. The van der Waals surface area contributed by atoms with Crippen LogP contribution in [0.5, 0.6) is 0 Å². The molecular formula is C10H16O. The fourth-order valence-electron chi connectivity index (χ4n) is 0.638. The molecule has 1 heteroatoms. The molecule has 1 N–H and O–H groups in total. The molecule has 0 rings (SSSR count). The van der Waals surface area contributed by atoms with Gasteiger partial charge in [-0.2, -0.15) is 0 Å². The van der Waals surface area contributed by atoms with Crippen LogP contribution < -0.4 is 0 Å². The van der Waals surface area contributed by atoms with E-state index in [1.807, 2.05) is 12.2 Å². The third kappa shape index (κ3) is 9.18. The van der Waals surface area contributed by atoms with Crippen molar-refractivity contribution in [2.24, 2.45) is 0 Å². The highest BCUT2D eigenvalue weighted by molar-refractivity contribution is 5.04. The lowest BCUT2D eigenvalue weighted by Crippen LogP contribution is -1.67. The van der Waals surface area contributed by atoms with E-state index in [9.17, 15) is 0 Å². The first-order valence-corrected chi connectivity index (χ1v) is 3.99. The smallest absolute Gasteiger partial charge is 0.0615 e. The molecule has 0 aromatic rings. The molecule has 0 aromatic carbocycles. The molecular weight excluding hydrogens is 136 g/mol. The van der Waals surface area contributed by atoms with E-state index < -0.39 is 0 Å². The lowest BCUT2D eigenvalue weighted by atomic mass is 10.3. The molecule has 0 spiro atoms. The van der Waals surface area contributed by atoms with Crippen LogP contribution in [0.25, 0.3) is 0 Å². The third-order valence-corrected chi connectivity index (χ3v) is 1.16. The molecule has 0 aliphatic rings. The number of hydrogen-bond acceptors (Lipinski definition) is 1. The minimum Gasteiger partial charge on any atom is -0.392 e. The van der Waals surface area contributed by atoms with Gasteiger partial charge in [-0.25, -0.2) is 0 Å². The van der Waals surface area contributed by atoms with E-state index in [1.165, 1.54) is 0 Å². The summed E-state index contributed by atoms with van der Waals surface area (Å²) in [6.07, 6.45) is 13.9. The van der Waals surface area contributed by atoms with Crippen molar-refractivity contribution in [3.8, 4) is 0 Å². The van der Waals surface area contributed by atoms with Crippen molar-refractivity contribution in [1.29, 1.82) is 0 Å². The molecule has 0 radical (unpaired) electrons. The topological polar surface area (TPSA) is 20.2 Å². The Kier molecular flexibility index (Phi) is 8.50. The van der Waals surface area contributed by atoms with Crippen molar-refractivity contribution in [3.63, 3.8) is 0 Å². The molecule has 0 unspecified atom stereocenters. The molecule has 0 atom stereocenters. The Morgan fingerprint density at radius 3 is 2.36 bits per heavy atom. The van der Waals surface area contributed by atoms with Crippen LogP contribution in [0.3, 0.4) is 0 Å². The van der Waals surface area contributed by atoms with Crippen LogP contribution in [0.2, 0.25) is 0 Å². The normalized spacial score (nSPS) is 12.5. The summed E-state index contributed by atoms with van der Waals surface area (Å²) in [7, 11) is 0. The first-order valence-electron chi connectivity index (χ1n) is 3.99. The summed E-state index contributed by atoms with van der Waals surface area (Å²) in [5.74, 6) is 0. The Balaban J connectivity index is 3.29. The van der Waals surface area contributed by atoms with Gasteiger partial charge in [-0.15, -0.1) is 0 Å². The van der Waals surface area contributed by atoms with Gasteiger partial charge in [-0.1, -0.05) is 43.4 Å². The van der Waals surface area contributed by atoms with Crippen molar-refractivity contribution in [3.05, 3.63) is 36.5 Å². The minimum absolute atomic E-state index is 0.120. The second kappa shape index (κ2) is 9.18. The van der Waals surface area contributed by atoms with E-state index in [0.717, 1.165) is 12.8 Å². The molecule has 1 nitrogen and oxygen atoms in total. The van der Waals surface area contributed by atoms with Crippen LogP contribution >= 0.6 is 0 Å². The summed E-state index contributed by atoms with van der Waals surface area (Å²) in [5.41, 5.74) is 0. The van der Waals surface area contributed by atoms with Crippen molar-refractivity contribution in [2.75, 3.05) is 6.61 Å². The van der Waals surface area contributed by atoms with E-state index in [-0.39, 0.29) is 6.61 Å². The number of rotatable bonds is 5. The molecule has 0 heterocycles. The molecule has 0 saturated carbocycles. The summed E-state index contributed by atoms with van der Waals surface area (Å²) in [6, 6.07) is 0. The van der Waals surface area contributed by atoms with Crippen LogP contribution in [-0.2, 0) is 0 Å². The summed E-state index contributed by atoms with van der Waals surface area (Å²) in [6.45, 7) is 2.24. The van der Waals surface area contributed by atoms with Gasteiger partial charge in [0.25, 0.3) is 0 Å². The predicted molar refractivity (Wildman–Crippen MR) is 49.4 cm³/mol. The van der Waals surface area contributed by atoms with Gasteiger partial charge in [-0.3, -0.25) is 0 Å². The van der Waals surface area contributed by atoms with Gasteiger partial charge in [-0.05, 0) is 12.8 Å². The maximum Gasteiger partial charge on any atom is 0.0615 e. The molecule has 0 aromatic heterocycles. The van der Waals surface area contributed by atoms with Gasteiger partial charge < -0.3 is 5.11 Å². The number of allylic oxidation sites excluding steroid dienone is 5. The first kappa shape index (κ1) is 10.2. The van der Waals surface area contributed by atoms with E-state index in [2.05, 4.69) is 25.2 Å². The Bertz CT molecular complexity index is 143. The monoisotopic (exact) mass is 152 g/mol. The highest BCUT2D eigenvalue weighted by Crippen LogP contribution is 1.88. The second-order valence-electron chi connectivity index (χ2n) is 2.15. The number of aliphatic hydroxyl groups excluding tert-OH is 1. The highest BCUT2D eigenvalue weighted by Gasteiger charge is 1.68. The summed E-state index contributed by atoms with van der Waals surface area (Å²) in [4.78, 5) is 0. The quantitative estimate of drug-likeness (QED) is 0.474. The molecule has 0 bridgehead atoms. The van der Waals surface area contributed by atoms with E-state index in [0.29, 0.717) is 0 Å². The van der Waals surface area contributed by atoms with Gasteiger partial charge in [0, 0.05) is 0 Å². The van der Waals surface area contributed by atoms with Gasteiger partial charge >= 0.3 is 0 Å². The second-order valence-corrected chi connectivity index (χ2v) is 2.15. The van der Waals surface area contributed by atoms with Crippen molar-refractivity contribution in [2.45, 2.75) is 19.8 Å². The van der Waals surface area contributed by atoms with Crippen LogP contribution in [0.15, 0.2) is 36.5 Å². The average Bonchev–Trinajstić information content (AvgIpc) is 2.03. The molecule has 11 heavy (non-hydrogen) atoms. The zero-order chi connectivity index (χ0) is 8.36. The standard InChI is InChI=1S/C10H16O/c1-2-3-4-5-6-7-8-9-10-11/h3-4,6-9,11H,2,5,10H2,1H3/b4-3-,7-6-,9-8+. The zero-order valence-corrected chi connectivity index (χ0v) is 7.03. The van der Waals surface area contributed by atoms with Crippen LogP contribution in [0, 0.1) is 0 Å².